The molecule has 0 saturated heterocycles. The molecule has 0 rings (SSSR count). The van der Waals surface area contributed by atoms with Crippen molar-refractivity contribution >= 4 is 6.29 Å². The topological polar surface area (TPSA) is 17.1 Å². The first-order valence-corrected chi connectivity index (χ1v) is 3.26. The second-order valence-corrected chi connectivity index (χ2v) is 1.52. The van der Waals surface area contributed by atoms with E-state index in [9.17, 15) is 4.79 Å². The summed E-state index contributed by atoms with van der Waals surface area (Å²) in [7, 11) is 0. The number of rotatable bonds is 2. The van der Waals surface area contributed by atoms with Crippen molar-refractivity contribution in [1.29, 1.82) is 0 Å². The Bertz CT molecular complexity index is 41.7. The molecule has 0 aliphatic heterocycles. The molecular weight excluding hydrogens is 100 g/mol. The molecule has 50 valence electrons. The Hall–Kier alpha value is -0.330. The predicted octanol–water partition coefficient (Wildman–Crippen LogP) is 2.26. The Kier molecular flexibility index (Phi) is 13.0. The van der Waals surface area contributed by atoms with E-state index >= 15 is 0 Å². The number of hydrogen-bond donors (Lipinski definition) is 0. The first-order valence-electron chi connectivity index (χ1n) is 3.26. The van der Waals surface area contributed by atoms with Gasteiger partial charge >= 0.3 is 0 Å². The molecule has 1 atom stereocenters. The van der Waals surface area contributed by atoms with Crippen LogP contribution in [0.15, 0.2) is 0 Å². The van der Waals surface area contributed by atoms with E-state index in [1.807, 2.05) is 27.7 Å². The monoisotopic (exact) mass is 116 g/mol. The standard InChI is InChI=1S/C5H10O.C2H6/c1-3-5(2)4-6;1-2/h4-5H,3H2,1-2H3;1-2H3. The van der Waals surface area contributed by atoms with Crippen molar-refractivity contribution in [3.05, 3.63) is 0 Å². The molecule has 0 aromatic carbocycles. The SMILES string of the molecule is CC.CCC(C)C=O. The summed E-state index contributed by atoms with van der Waals surface area (Å²) in [6.45, 7) is 7.91. The van der Waals surface area contributed by atoms with Crippen molar-refractivity contribution in [2.45, 2.75) is 34.1 Å². The Balaban J connectivity index is 0. The van der Waals surface area contributed by atoms with Gasteiger partial charge in [0.1, 0.15) is 6.29 Å². The van der Waals surface area contributed by atoms with Crippen LogP contribution in [-0.2, 0) is 4.79 Å². The van der Waals surface area contributed by atoms with E-state index < -0.39 is 0 Å². The molecule has 0 aromatic heterocycles. The first kappa shape index (κ1) is 10.6. The normalized spacial score (nSPS) is 11.0. The van der Waals surface area contributed by atoms with Gasteiger partial charge in [0.2, 0.25) is 0 Å². The summed E-state index contributed by atoms with van der Waals surface area (Å²) in [5, 5.41) is 0. The molecule has 0 heterocycles. The lowest BCUT2D eigenvalue weighted by Gasteiger charge is -1.89. The van der Waals surface area contributed by atoms with Gasteiger partial charge in [0.15, 0.2) is 0 Å². The molecule has 1 nitrogen and oxygen atoms in total. The zero-order chi connectivity index (χ0) is 6.99. The van der Waals surface area contributed by atoms with Gasteiger partial charge in [-0.05, 0) is 6.42 Å². The maximum Gasteiger partial charge on any atom is 0.122 e. The second-order valence-electron chi connectivity index (χ2n) is 1.52. The summed E-state index contributed by atoms with van der Waals surface area (Å²) in [6.07, 6.45) is 1.93. The summed E-state index contributed by atoms with van der Waals surface area (Å²) in [6, 6.07) is 0. The van der Waals surface area contributed by atoms with Crippen molar-refractivity contribution < 1.29 is 4.79 Å². The van der Waals surface area contributed by atoms with Crippen LogP contribution in [0.2, 0.25) is 0 Å². The Morgan fingerprint density at radius 1 is 1.50 bits per heavy atom. The molecule has 0 aliphatic rings. The van der Waals surface area contributed by atoms with E-state index in [1.54, 1.807) is 0 Å². The highest BCUT2D eigenvalue weighted by atomic mass is 16.1. The van der Waals surface area contributed by atoms with Crippen LogP contribution in [0.25, 0.3) is 0 Å². The predicted molar refractivity (Wildman–Crippen MR) is 36.9 cm³/mol. The lowest BCUT2D eigenvalue weighted by Crippen LogP contribution is -1.89. The Morgan fingerprint density at radius 2 is 1.88 bits per heavy atom. The molecule has 0 aromatic rings. The molecule has 0 bridgehead atoms. The average Bonchev–Trinajstić information content (AvgIpc) is 1.91. The third-order valence-electron chi connectivity index (χ3n) is 0.876. The quantitative estimate of drug-likeness (QED) is 0.506. The van der Waals surface area contributed by atoms with E-state index in [0.29, 0.717) is 0 Å². The number of aldehydes is 1. The van der Waals surface area contributed by atoms with Crippen molar-refractivity contribution in [2.24, 2.45) is 5.92 Å². The largest absolute Gasteiger partial charge is 0.303 e. The Labute approximate surface area is 52.1 Å². The fourth-order valence-corrected chi connectivity index (χ4v) is 0.0962. The fraction of sp³-hybridized carbons (Fsp3) is 0.857. The molecule has 0 aliphatic carbocycles. The van der Waals surface area contributed by atoms with E-state index in [1.165, 1.54) is 0 Å². The minimum absolute atomic E-state index is 0.255. The lowest BCUT2D eigenvalue weighted by atomic mass is 10.2. The minimum atomic E-state index is 0.255. The van der Waals surface area contributed by atoms with E-state index in [-0.39, 0.29) is 5.92 Å². The highest BCUT2D eigenvalue weighted by molar-refractivity contribution is 5.52. The van der Waals surface area contributed by atoms with Crippen molar-refractivity contribution in [3.63, 3.8) is 0 Å². The van der Waals surface area contributed by atoms with Gasteiger partial charge in [-0.2, -0.15) is 0 Å². The van der Waals surface area contributed by atoms with Crippen LogP contribution in [0.4, 0.5) is 0 Å². The molecule has 0 N–H and O–H groups in total. The molecule has 0 amide bonds. The molecular formula is C7H16O. The van der Waals surface area contributed by atoms with E-state index in [2.05, 4.69) is 0 Å². The lowest BCUT2D eigenvalue weighted by molar-refractivity contribution is -0.110. The van der Waals surface area contributed by atoms with Crippen LogP contribution in [-0.4, -0.2) is 6.29 Å². The molecule has 8 heavy (non-hydrogen) atoms. The first-order chi connectivity index (χ1) is 3.81. The van der Waals surface area contributed by atoms with Crippen molar-refractivity contribution in [1.82, 2.24) is 0 Å². The Morgan fingerprint density at radius 3 is 1.88 bits per heavy atom. The minimum Gasteiger partial charge on any atom is -0.303 e. The van der Waals surface area contributed by atoms with Gasteiger partial charge in [0, 0.05) is 5.92 Å². The van der Waals surface area contributed by atoms with Gasteiger partial charge in [0.25, 0.3) is 0 Å². The third-order valence-corrected chi connectivity index (χ3v) is 0.876. The molecule has 1 heteroatoms. The van der Waals surface area contributed by atoms with Gasteiger partial charge in [-0.3, -0.25) is 0 Å². The summed E-state index contributed by atoms with van der Waals surface area (Å²) in [5.74, 6) is 0.255. The maximum atomic E-state index is 9.74. The third kappa shape index (κ3) is 9.18. The van der Waals surface area contributed by atoms with Crippen LogP contribution in [0, 0.1) is 5.92 Å². The van der Waals surface area contributed by atoms with Gasteiger partial charge in [-0.15, -0.1) is 0 Å². The van der Waals surface area contributed by atoms with Gasteiger partial charge in [-0.25, -0.2) is 0 Å². The van der Waals surface area contributed by atoms with Crippen molar-refractivity contribution in [3.8, 4) is 0 Å². The van der Waals surface area contributed by atoms with Gasteiger partial charge in [0.05, 0.1) is 0 Å². The highest BCUT2D eigenvalue weighted by Gasteiger charge is 1.89. The summed E-state index contributed by atoms with van der Waals surface area (Å²) in [5.41, 5.74) is 0. The zero-order valence-electron chi connectivity index (χ0n) is 6.27. The van der Waals surface area contributed by atoms with Crippen LogP contribution in [0.1, 0.15) is 34.1 Å². The van der Waals surface area contributed by atoms with Crippen molar-refractivity contribution in [2.75, 3.05) is 0 Å². The summed E-state index contributed by atoms with van der Waals surface area (Å²) in [4.78, 5) is 9.74. The van der Waals surface area contributed by atoms with Crippen LogP contribution in [0.5, 0.6) is 0 Å². The second kappa shape index (κ2) is 9.83. The highest BCUT2D eigenvalue weighted by Crippen LogP contribution is 1.91. The number of hydrogen-bond acceptors (Lipinski definition) is 1. The fourth-order valence-electron chi connectivity index (χ4n) is 0.0962. The molecule has 0 fully saturated rings. The van der Waals surface area contributed by atoms with E-state index in [0.717, 1.165) is 12.7 Å². The molecule has 0 spiro atoms. The maximum absolute atomic E-state index is 9.74. The van der Waals surface area contributed by atoms with Gasteiger partial charge < -0.3 is 4.79 Å². The van der Waals surface area contributed by atoms with E-state index in [4.69, 9.17) is 0 Å². The van der Waals surface area contributed by atoms with Crippen LogP contribution >= 0.6 is 0 Å². The van der Waals surface area contributed by atoms with Crippen LogP contribution < -0.4 is 0 Å². The molecule has 0 saturated carbocycles. The number of carbonyl (C=O) groups excluding carboxylic acids is 1. The summed E-state index contributed by atoms with van der Waals surface area (Å²) >= 11 is 0. The smallest absolute Gasteiger partial charge is 0.122 e. The average molecular weight is 116 g/mol. The van der Waals surface area contributed by atoms with Gasteiger partial charge in [-0.1, -0.05) is 27.7 Å². The number of carbonyl (C=O) groups is 1. The zero-order valence-corrected chi connectivity index (χ0v) is 6.27. The molecule has 1 unspecified atom stereocenters. The summed E-state index contributed by atoms with van der Waals surface area (Å²) < 4.78 is 0. The molecule has 0 radical (unpaired) electrons. The van der Waals surface area contributed by atoms with Crippen LogP contribution in [0.3, 0.4) is 0 Å².